The number of aromatic hydroxyl groups is 4. The largest absolute Gasteiger partial charge is 0.507 e. The van der Waals surface area contributed by atoms with E-state index in [0.29, 0.717) is 22.3 Å². The summed E-state index contributed by atoms with van der Waals surface area (Å²) >= 11 is 0. The van der Waals surface area contributed by atoms with Crippen LogP contribution in [0.3, 0.4) is 0 Å². The number of hydrogen-bond acceptors (Lipinski definition) is 9. The normalized spacial score (nSPS) is 13.7. The van der Waals surface area contributed by atoms with Crippen molar-refractivity contribution in [3.63, 3.8) is 0 Å². The minimum absolute atomic E-state index is 0.189. The van der Waals surface area contributed by atoms with Gasteiger partial charge in [0.25, 0.3) is 0 Å². The van der Waals surface area contributed by atoms with Gasteiger partial charge < -0.3 is 40.5 Å². The van der Waals surface area contributed by atoms with E-state index < -0.39 is 81.1 Å². The second-order valence-electron chi connectivity index (χ2n) is 30.7. The summed E-state index contributed by atoms with van der Waals surface area (Å²) in [6, 6.07) is 18.7. The molecule has 7 N–H and O–H groups in total. The van der Waals surface area contributed by atoms with Crippen LogP contribution in [0.25, 0.3) is 50.6 Å². The van der Waals surface area contributed by atoms with E-state index in [4.69, 9.17) is 4.74 Å². The molecule has 0 saturated carbocycles. The highest BCUT2D eigenvalue weighted by Crippen LogP contribution is 2.55. The molecule has 5 aromatic rings. The first-order valence-corrected chi connectivity index (χ1v) is 28.1. The average molecular weight is 1080 g/mol. The molecule has 9 heteroatoms. The zero-order valence-electron chi connectivity index (χ0n) is 52.6. The van der Waals surface area contributed by atoms with Gasteiger partial charge in [0.05, 0.1) is 25.2 Å². The maximum Gasteiger partial charge on any atom is 0.330 e. The first-order valence-electron chi connectivity index (χ1n) is 28.1. The number of benzene rings is 5. The zero-order valence-corrected chi connectivity index (χ0v) is 52.6. The molecule has 5 rings (SSSR count). The van der Waals surface area contributed by atoms with Gasteiger partial charge in [-0.05, 0) is 154 Å². The Kier molecular flexibility index (Phi) is 17.6. The molecule has 0 aliphatic rings. The Morgan fingerprint density at radius 3 is 0.861 bits per heavy atom. The second kappa shape index (κ2) is 21.7. The highest BCUT2D eigenvalue weighted by molar-refractivity contribution is 6.06. The van der Waals surface area contributed by atoms with Crippen LogP contribution in [0.15, 0.2) is 60.7 Å². The summed E-state index contributed by atoms with van der Waals surface area (Å²) in [5.41, 5.74) is 6.67. The lowest BCUT2D eigenvalue weighted by Gasteiger charge is -2.33. The molecule has 0 amide bonds. The maximum absolute atomic E-state index is 14.2. The van der Waals surface area contributed by atoms with E-state index in [1.807, 2.05) is 12.1 Å². The molecule has 0 bridgehead atoms. The van der Waals surface area contributed by atoms with Crippen LogP contribution in [0, 0.1) is 5.41 Å². The fourth-order valence-corrected chi connectivity index (χ4v) is 10.4. The number of carbonyl (C=O) groups excluding carboxylic acids is 1. The molecule has 0 aliphatic carbocycles. The minimum atomic E-state index is -1.47. The highest BCUT2D eigenvalue weighted by atomic mass is 16.5. The molecule has 0 aliphatic heterocycles. The number of hydrogen-bond donors (Lipinski definition) is 7. The Balaban J connectivity index is 2.39. The predicted octanol–water partition coefficient (Wildman–Crippen LogP) is 16.1. The van der Waals surface area contributed by atoms with Gasteiger partial charge in [0, 0.05) is 50.6 Å². The Morgan fingerprint density at radius 1 is 0.367 bits per heavy atom. The summed E-state index contributed by atoms with van der Waals surface area (Å²) in [5, 5.41) is 80.3. The van der Waals surface area contributed by atoms with Crippen LogP contribution >= 0.6 is 0 Å². The molecule has 9 nitrogen and oxygen atoms in total. The molecule has 0 heterocycles. The van der Waals surface area contributed by atoms with E-state index in [2.05, 4.69) is 209 Å². The number of carbonyl (C=O) groups is 1. The number of aliphatic hydroxyl groups excluding tert-OH is 3. The van der Waals surface area contributed by atoms with Gasteiger partial charge in [0.2, 0.25) is 0 Å². The highest BCUT2D eigenvalue weighted by Gasteiger charge is 2.36. The van der Waals surface area contributed by atoms with Gasteiger partial charge in [-0.3, -0.25) is 0 Å². The van der Waals surface area contributed by atoms with Crippen LogP contribution in [0.1, 0.15) is 216 Å². The molecular formula is C70H98O9. The third-order valence-electron chi connectivity index (χ3n) is 15.4. The van der Waals surface area contributed by atoms with Crippen molar-refractivity contribution < 1.29 is 45.3 Å². The fraction of sp³-hybridized carbons (Fsp3) is 0.529. The van der Waals surface area contributed by atoms with Gasteiger partial charge in [0.1, 0.15) is 29.6 Å². The number of esters is 1. The molecule has 0 aromatic heterocycles. The molecule has 0 radical (unpaired) electrons. The van der Waals surface area contributed by atoms with Crippen LogP contribution in [0.5, 0.6) is 23.0 Å². The second-order valence-corrected chi connectivity index (χ2v) is 30.7. The summed E-state index contributed by atoms with van der Waals surface area (Å²) in [5.74, 6) is 0.0329. The van der Waals surface area contributed by atoms with Gasteiger partial charge >= 0.3 is 5.97 Å². The lowest BCUT2D eigenvalue weighted by atomic mass is 9.71. The first kappa shape index (κ1) is 64.2. The summed E-state index contributed by atoms with van der Waals surface area (Å²) in [6.07, 6.45) is 3.04. The van der Waals surface area contributed by atoms with Crippen molar-refractivity contribution in [2.45, 2.75) is 209 Å². The van der Waals surface area contributed by atoms with Crippen molar-refractivity contribution in [2.24, 2.45) is 5.41 Å². The fourth-order valence-electron chi connectivity index (χ4n) is 10.4. The number of phenols is 4. The van der Waals surface area contributed by atoms with Crippen LogP contribution in [0.4, 0.5) is 0 Å². The van der Waals surface area contributed by atoms with Gasteiger partial charge in [-0.2, -0.15) is 0 Å². The van der Waals surface area contributed by atoms with Gasteiger partial charge in [-0.1, -0.05) is 166 Å². The van der Waals surface area contributed by atoms with E-state index in [1.165, 1.54) is 6.08 Å². The molecule has 0 saturated heterocycles. The van der Waals surface area contributed by atoms with Gasteiger partial charge in [0.15, 0.2) is 0 Å². The van der Waals surface area contributed by atoms with Gasteiger partial charge in [-0.25, -0.2) is 4.79 Å². The Labute approximate surface area is 474 Å². The lowest BCUT2D eigenvalue weighted by Crippen LogP contribution is -2.39. The summed E-state index contributed by atoms with van der Waals surface area (Å²) < 4.78 is 5.74. The van der Waals surface area contributed by atoms with E-state index >= 15 is 0 Å². The van der Waals surface area contributed by atoms with Gasteiger partial charge in [-0.15, -0.1) is 0 Å². The average Bonchev–Trinajstić information content (AvgIpc) is 3.28. The summed E-state index contributed by atoms with van der Waals surface area (Å²) in [6.45, 7) is 47.7. The number of aliphatic hydroxyl groups is 3. The third-order valence-corrected chi connectivity index (χ3v) is 15.4. The molecule has 0 unspecified atom stereocenters. The van der Waals surface area contributed by atoms with Crippen LogP contribution in [0.2, 0.25) is 0 Å². The number of rotatable bonds is 11. The predicted molar refractivity (Wildman–Crippen MR) is 328 cm³/mol. The van der Waals surface area contributed by atoms with Crippen molar-refractivity contribution >= 4 is 12.0 Å². The molecule has 0 atom stereocenters. The molecule has 0 spiro atoms. The SMILES string of the molecule is CC(C)(C)c1cc(-c2cc(/C=C/C(=O)OCC(CO)(CO)CO)c(-c3cc(C(C)(C)C)c(O)c(C(C)(C)C)c3)c(-c3cc(C(C)(C)C)c(O)c(C(C)(C)C)c3)c2-c2cc(C(C)(C)C)c(O)c(C(C)(C)C)c2)cc(C(C)(C)C)c1O. The number of phenolic OH excluding ortho intramolecular Hbond substituents is 4. The smallest absolute Gasteiger partial charge is 0.330 e. The summed E-state index contributed by atoms with van der Waals surface area (Å²) in [4.78, 5) is 14.2. The van der Waals surface area contributed by atoms with E-state index in [1.54, 1.807) is 6.08 Å². The van der Waals surface area contributed by atoms with Crippen LogP contribution in [-0.2, 0) is 52.9 Å². The number of ether oxygens (including phenoxy) is 1. The van der Waals surface area contributed by atoms with Crippen molar-refractivity contribution in [3.8, 4) is 67.5 Å². The molecule has 5 aromatic carbocycles. The maximum atomic E-state index is 14.2. The molecule has 432 valence electrons. The topological polar surface area (TPSA) is 168 Å². The zero-order chi connectivity index (χ0) is 60.5. The van der Waals surface area contributed by atoms with Crippen LogP contribution < -0.4 is 0 Å². The van der Waals surface area contributed by atoms with E-state index in [-0.39, 0.29) is 23.0 Å². The van der Waals surface area contributed by atoms with Crippen LogP contribution in [-0.4, -0.2) is 68.1 Å². The van der Waals surface area contributed by atoms with Crippen molar-refractivity contribution in [1.82, 2.24) is 0 Å². The van der Waals surface area contributed by atoms with E-state index in [0.717, 1.165) is 72.3 Å². The summed E-state index contributed by atoms with van der Waals surface area (Å²) in [7, 11) is 0. The lowest BCUT2D eigenvalue weighted by molar-refractivity contribution is -0.145. The third kappa shape index (κ3) is 13.6. The first-order chi connectivity index (χ1) is 35.6. The molecule has 79 heavy (non-hydrogen) atoms. The Bertz CT molecular complexity index is 2970. The monoisotopic (exact) mass is 1080 g/mol. The molecular weight excluding hydrogens is 985 g/mol. The Morgan fingerprint density at radius 2 is 0.608 bits per heavy atom. The van der Waals surface area contributed by atoms with E-state index in [9.17, 15) is 40.5 Å². The van der Waals surface area contributed by atoms with Crippen molar-refractivity contribution in [3.05, 3.63) is 111 Å². The minimum Gasteiger partial charge on any atom is -0.507 e. The quantitative estimate of drug-likeness (QED) is 0.0503. The molecule has 0 fully saturated rings. The standard InChI is InChI=1S/C70H98O9/c1-62(2,3)46-28-41(29-47(58(46)75)63(4,5)6)45-27-40(25-26-54(74)79-39-70(36-71,37-72)38-73)55(42-30-48(64(7,8)9)59(76)49(31-42)65(10,11)12)57(44-34-52(68(19,20)21)61(78)53(35-44)69(22,23)24)56(45)43-32-50(66(13,14)15)60(77)51(33-43)67(16,17)18/h25-35,71-73,75-78H,36-39H2,1-24H3/b26-25+. The van der Waals surface area contributed by atoms with Crippen molar-refractivity contribution in [2.75, 3.05) is 26.4 Å². The Hall–Kier alpha value is -5.61. The van der Waals surface area contributed by atoms with Crippen molar-refractivity contribution in [1.29, 1.82) is 0 Å².